The molecule has 2 N–H and O–H groups in total. The molecular formula is C15H21NO2. The van der Waals surface area contributed by atoms with Crippen molar-refractivity contribution in [1.82, 2.24) is 5.32 Å². The van der Waals surface area contributed by atoms with E-state index in [4.69, 9.17) is 5.11 Å². The molecule has 98 valence electrons. The Morgan fingerprint density at radius 1 is 1.17 bits per heavy atom. The first-order valence-corrected chi connectivity index (χ1v) is 6.73. The number of carbonyl (C=O) groups is 1. The Bertz CT molecular complexity index is 369. The van der Waals surface area contributed by atoms with Gasteiger partial charge in [0.05, 0.1) is 5.92 Å². The highest BCUT2D eigenvalue weighted by Gasteiger charge is 2.25. The highest BCUT2D eigenvalue weighted by Crippen LogP contribution is 2.28. The zero-order chi connectivity index (χ0) is 12.8. The summed E-state index contributed by atoms with van der Waals surface area (Å²) in [5, 5.41) is 12.4. The molecule has 3 nitrogen and oxygen atoms in total. The van der Waals surface area contributed by atoms with E-state index in [1.54, 1.807) is 0 Å². The minimum absolute atomic E-state index is 0.102. The molecule has 0 amide bonds. The summed E-state index contributed by atoms with van der Waals surface area (Å²) in [6.45, 7) is 1.90. The van der Waals surface area contributed by atoms with Crippen LogP contribution in [0.3, 0.4) is 0 Å². The number of aliphatic carboxylic acids is 1. The van der Waals surface area contributed by atoms with Crippen molar-refractivity contribution in [2.24, 2.45) is 11.8 Å². The van der Waals surface area contributed by atoms with Crippen molar-refractivity contribution < 1.29 is 9.90 Å². The van der Waals surface area contributed by atoms with E-state index in [9.17, 15) is 4.79 Å². The second kappa shape index (κ2) is 6.55. The maximum Gasteiger partial charge on any atom is 0.306 e. The number of nitrogens with one attached hydrogen (secondary N) is 1. The number of hydrogen-bond acceptors (Lipinski definition) is 2. The summed E-state index contributed by atoms with van der Waals surface area (Å²) in [7, 11) is 0. The van der Waals surface area contributed by atoms with Gasteiger partial charge in [0, 0.05) is 6.54 Å². The van der Waals surface area contributed by atoms with Crippen molar-refractivity contribution in [3.63, 3.8) is 0 Å². The van der Waals surface area contributed by atoms with Crippen LogP contribution < -0.4 is 5.32 Å². The molecule has 0 aromatic heterocycles. The van der Waals surface area contributed by atoms with Crippen LogP contribution in [-0.4, -0.2) is 17.6 Å². The van der Waals surface area contributed by atoms with E-state index in [2.05, 4.69) is 29.6 Å². The largest absolute Gasteiger partial charge is 0.481 e. The number of hydrogen-bond donors (Lipinski definition) is 2. The fourth-order valence-corrected chi connectivity index (χ4v) is 2.63. The van der Waals surface area contributed by atoms with Gasteiger partial charge < -0.3 is 10.4 Å². The minimum atomic E-state index is -0.620. The van der Waals surface area contributed by atoms with Crippen molar-refractivity contribution in [3.05, 3.63) is 35.9 Å². The normalized spacial score (nSPS) is 23.8. The summed E-state index contributed by atoms with van der Waals surface area (Å²) in [6, 6.07) is 10.4. The lowest BCUT2D eigenvalue weighted by molar-refractivity contribution is -0.143. The molecule has 0 bridgehead atoms. The fraction of sp³-hybridized carbons (Fsp3) is 0.533. The van der Waals surface area contributed by atoms with Crippen molar-refractivity contribution in [2.45, 2.75) is 32.2 Å². The lowest BCUT2D eigenvalue weighted by Crippen LogP contribution is -2.28. The monoisotopic (exact) mass is 247 g/mol. The number of carboxylic acid groups (broad SMARTS) is 1. The molecule has 0 spiro atoms. The molecule has 0 radical (unpaired) electrons. The van der Waals surface area contributed by atoms with Crippen LogP contribution in [0.1, 0.15) is 31.2 Å². The van der Waals surface area contributed by atoms with Crippen LogP contribution in [0.2, 0.25) is 0 Å². The zero-order valence-corrected chi connectivity index (χ0v) is 10.6. The minimum Gasteiger partial charge on any atom is -0.481 e. The highest BCUT2D eigenvalue weighted by atomic mass is 16.4. The molecule has 0 unspecified atom stereocenters. The zero-order valence-electron chi connectivity index (χ0n) is 10.6. The van der Waals surface area contributed by atoms with Gasteiger partial charge >= 0.3 is 5.97 Å². The van der Waals surface area contributed by atoms with Gasteiger partial charge in [-0.2, -0.15) is 0 Å². The van der Waals surface area contributed by atoms with Crippen molar-refractivity contribution >= 4 is 5.97 Å². The predicted octanol–water partition coefficient (Wildman–Crippen LogP) is 2.67. The summed E-state index contributed by atoms with van der Waals surface area (Å²) in [5.41, 5.74) is 1.30. The smallest absolute Gasteiger partial charge is 0.306 e. The van der Waals surface area contributed by atoms with Crippen molar-refractivity contribution in [1.29, 1.82) is 0 Å². The number of benzene rings is 1. The summed E-state index contributed by atoms with van der Waals surface area (Å²) in [5.74, 6) is -0.0784. The summed E-state index contributed by atoms with van der Waals surface area (Å²) < 4.78 is 0. The molecule has 1 aromatic carbocycles. The Morgan fingerprint density at radius 3 is 2.44 bits per heavy atom. The van der Waals surface area contributed by atoms with Crippen molar-refractivity contribution in [3.8, 4) is 0 Å². The molecule has 0 saturated heterocycles. The first kappa shape index (κ1) is 13.1. The van der Waals surface area contributed by atoms with Gasteiger partial charge in [-0.3, -0.25) is 4.79 Å². The quantitative estimate of drug-likeness (QED) is 0.841. The van der Waals surface area contributed by atoms with Crippen LogP contribution in [0, 0.1) is 11.8 Å². The maximum absolute atomic E-state index is 10.8. The molecule has 3 heteroatoms. The third-order valence-electron chi connectivity index (χ3n) is 3.80. The van der Waals surface area contributed by atoms with E-state index >= 15 is 0 Å². The Hall–Kier alpha value is -1.35. The van der Waals surface area contributed by atoms with Gasteiger partial charge in [-0.1, -0.05) is 30.3 Å². The summed E-state index contributed by atoms with van der Waals surface area (Å²) in [4.78, 5) is 10.8. The van der Waals surface area contributed by atoms with Crippen LogP contribution in [0.25, 0.3) is 0 Å². The van der Waals surface area contributed by atoms with Crippen molar-refractivity contribution in [2.75, 3.05) is 6.54 Å². The molecule has 0 aliphatic heterocycles. The lowest BCUT2D eigenvalue weighted by Gasteiger charge is -2.26. The Labute approximate surface area is 108 Å². The molecule has 0 heterocycles. The average Bonchev–Trinajstić information content (AvgIpc) is 2.40. The SMILES string of the molecule is O=C(O)[C@H]1CC[C@H](CNCc2ccccc2)CC1. The van der Waals surface area contributed by atoms with Gasteiger partial charge in [-0.05, 0) is 43.7 Å². The molecule has 1 fully saturated rings. The van der Waals surface area contributed by atoms with Gasteiger partial charge in [0.2, 0.25) is 0 Å². The van der Waals surface area contributed by atoms with Crippen LogP contribution >= 0.6 is 0 Å². The van der Waals surface area contributed by atoms with Crippen LogP contribution in [0.4, 0.5) is 0 Å². The van der Waals surface area contributed by atoms with Crippen LogP contribution in [0.5, 0.6) is 0 Å². The van der Waals surface area contributed by atoms with Crippen LogP contribution in [-0.2, 0) is 11.3 Å². The third kappa shape index (κ3) is 3.84. The standard InChI is InChI=1S/C15H21NO2/c17-15(18)14-8-6-13(7-9-14)11-16-10-12-4-2-1-3-5-12/h1-5,13-14,16H,6-11H2,(H,17,18)/t13-,14-. The Morgan fingerprint density at radius 2 is 1.83 bits per heavy atom. The van der Waals surface area contributed by atoms with E-state index in [1.807, 2.05) is 6.07 Å². The van der Waals surface area contributed by atoms with Gasteiger partial charge in [-0.15, -0.1) is 0 Å². The molecule has 1 aromatic rings. The fourth-order valence-electron chi connectivity index (χ4n) is 2.63. The number of carboxylic acids is 1. The first-order chi connectivity index (χ1) is 8.75. The van der Waals surface area contributed by atoms with E-state index in [0.29, 0.717) is 5.92 Å². The first-order valence-electron chi connectivity index (χ1n) is 6.73. The molecule has 1 saturated carbocycles. The molecule has 1 aliphatic carbocycles. The molecule has 2 rings (SSSR count). The topological polar surface area (TPSA) is 49.3 Å². The van der Waals surface area contributed by atoms with Gasteiger partial charge in [0.25, 0.3) is 0 Å². The van der Waals surface area contributed by atoms with Gasteiger partial charge in [0.15, 0.2) is 0 Å². The summed E-state index contributed by atoms with van der Waals surface area (Å²) >= 11 is 0. The molecule has 18 heavy (non-hydrogen) atoms. The summed E-state index contributed by atoms with van der Waals surface area (Å²) in [6.07, 6.45) is 3.76. The highest BCUT2D eigenvalue weighted by molar-refractivity contribution is 5.69. The average molecular weight is 247 g/mol. The molecule has 1 aliphatic rings. The molecular weight excluding hydrogens is 226 g/mol. The van der Waals surface area contributed by atoms with Crippen LogP contribution in [0.15, 0.2) is 30.3 Å². The number of rotatable bonds is 5. The van der Waals surface area contributed by atoms with E-state index in [1.165, 1.54) is 5.56 Å². The maximum atomic E-state index is 10.8. The van der Waals surface area contributed by atoms with E-state index in [0.717, 1.165) is 38.8 Å². The Balaban J connectivity index is 1.65. The Kier molecular flexibility index (Phi) is 4.76. The van der Waals surface area contributed by atoms with Gasteiger partial charge in [0.1, 0.15) is 0 Å². The molecule has 0 atom stereocenters. The predicted molar refractivity (Wildman–Crippen MR) is 71.2 cm³/mol. The van der Waals surface area contributed by atoms with E-state index < -0.39 is 5.97 Å². The third-order valence-corrected chi connectivity index (χ3v) is 3.80. The van der Waals surface area contributed by atoms with E-state index in [-0.39, 0.29) is 5.92 Å². The lowest BCUT2D eigenvalue weighted by atomic mass is 9.82. The second-order valence-corrected chi connectivity index (χ2v) is 5.17. The van der Waals surface area contributed by atoms with Gasteiger partial charge in [-0.25, -0.2) is 0 Å². The second-order valence-electron chi connectivity index (χ2n) is 5.17.